The first-order valence-corrected chi connectivity index (χ1v) is 8.98. The van der Waals surface area contributed by atoms with Crippen LogP contribution in [-0.4, -0.2) is 42.5 Å². The fourth-order valence-electron chi connectivity index (χ4n) is 1.51. The van der Waals surface area contributed by atoms with Crippen molar-refractivity contribution in [2.75, 3.05) is 13.2 Å². The first-order valence-electron chi connectivity index (χ1n) is 8.18. The third kappa shape index (κ3) is 10.3. The van der Waals surface area contributed by atoms with Gasteiger partial charge < -0.3 is 14.9 Å². The third-order valence-electron chi connectivity index (χ3n) is 4.02. The van der Waals surface area contributed by atoms with E-state index in [2.05, 4.69) is 35.0 Å². The minimum Gasteiger partial charge on any atom is -0.387 e. The molecule has 0 amide bonds. The van der Waals surface area contributed by atoms with Crippen molar-refractivity contribution in [1.29, 1.82) is 0 Å². The molecule has 1 aliphatic rings. The number of aryl methyl sites for hydroxylation is 1. The number of aliphatic hydroxyl groups is 2. The number of hydrogen-bond donors (Lipinski definition) is 2. The standard InChI is InChI=1S/C7H7Br.C7H16O2.C5H7BO/c1-6-2-4-7(8)5-3-6;1-5-7(4,9)6(2,3)8;6-5-1-3-7-4-2-5/h2-5H,1H3;8-9H,5H2,1-4H3;1H,2-4H2. The molecule has 0 aromatic heterocycles. The van der Waals surface area contributed by atoms with E-state index < -0.39 is 11.2 Å². The van der Waals surface area contributed by atoms with Gasteiger partial charge in [0.2, 0.25) is 0 Å². The molecule has 1 heterocycles. The summed E-state index contributed by atoms with van der Waals surface area (Å²) in [6.45, 7) is 10.3. The minimum absolute atomic E-state index is 0.566. The summed E-state index contributed by atoms with van der Waals surface area (Å²) in [5.41, 5.74) is 0.300. The van der Waals surface area contributed by atoms with Gasteiger partial charge in [0.05, 0.1) is 17.8 Å². The molecule has 1 aliphatic heterocycles. The Hall–Kier alpha value is -0.615. The predicted octanol–water partition coefficient (Wildman–Crippen LogP) is 4.13. The molecular formula is C19H30BBrO3. The fourth-order valence-corrected chi connectivity index (χ4v) is 1.77. The van der Waals surface area contributed by atoms with E-state index in [1.807, 2.05) is 25.1 Å². The largest absolute Gasteiger partial charge is 0.387 e. The molecular weight excluding hydrogens is 367 g/mol. The van der Waals surface area contributed by atoms with Gasteiger partial charge in [-0.1, -0.05) is 46.6 Å². The van der Waals surface area contributed by atoms with Crippen LogP contribution >= 0.6 is 15.9 Å². The number of ether oxygens (including phenoxy) is 1. The zero-order valence-electron chi connectivity index (χ0n) is 15.5. The topological polar surface area (TPSA) is 49.7 Å². The molecule has 2 radical (unpaired) electrons. The van der Waals surface area contributed by atoms with Crippen molar-refractivity contribution in [3.8, 4) is 0 Å². The maximum atomic E-state index is 9.41. The van der Waals surface area contributed by atoms with Crippen LogP contribution in [-0.2, 0) is 4.74 Å². The van der Waals surface area contributed by atoms with Crippen LogP contribution in [0.3, 0.4) is 0 Å². The van der Waals surface area contributed by atoms with E-state index in [4.69, 9.17) is 12.6 Å². The zero-order chi connectivity index (χ0) is 18.8. The van der Waals surface area contributed by atoms with E-state index in [1.54, 1.807) is 20.8 Å². The van der Waals surface area contributed by atoms with Gasteiger partial charge in [-0.25, -0.2) is 0 Å². The van der Waals surface area contributed by atoms with Crippen molar-refractivity contribution in [3.05, 3.63) is 45.9 Å². The Bertz CT molecular complexity index is 469. The van der Waals surface area contributed by atoms with E-state index >= 15 is 0 Å². The molecule has 1 atom stereocenters. The summed E-state index contributed by atoms with van der Waals surface area (Å²) in [6, 6.07) is 8.22. The molecule has 3 nitrogen and oxygen atoms in total. The van der Waals surface area contributed by atoms with E-state index in [0.29, 0.717) is 13.0 Å². The van der Waals surface area contributed by atoms with Gasteiger partial charge in [0.25, 0.3) is 0 Å². The summed E-state index contributed by atoms with van der Waals surface area (Å²) in [6.07, 6.45) is 3.38. The maximum absolute atomic E-state index is 9.41. The number of halogens is 1. The Morgan fingerprint density at radius 3 is 1.92 bits per heavy atom. The van der Waals surface area contributed by atoms with Gasteiger partial charge in [0.15, 0.2) is 0 Å². The van der Waals surface area contributed by atoms with Crippen LogP contribution in [0.4, 0.5) is 0 Å². The van der Waals surface area contributed by atoms with Gasteiger partial charge in [-0.15, -0.1) is 5.47 Å². The molecule has 0 fully saturated rings. The monoisotopic (exact) mass is 396 g/mol. The molecule has 134 valence electrons. The van der Waals surface area contributed by atoms with Crippen LogP contribution in [0.2, 0.25) is 0 Å². The molecule has 24 heavy (non-hydrogen) atoms. The van der Waals surface area contributed by atoms with Gasteiger partial charge in [0.1, 0.15) is 7.85 Å². The molecule has 1 aromatic carbocycles. The van der Waals surface area contributed by atoms with Crippen LogP contribution in [0.25, 0.3) is 0 Å². The van der Waals surface area contributed by atoms with Crippen molar-refractivity contribution in [2.45, 2.75) is 58.7 Å². The molecule has 0 saturated heterocycles. The second kappa shape index (κ2) is 11.1. The SMILES string of the molecule is CCC(C)(O)C(C)(C)O.Cc1ccc(Br)cc1.[B]C1=CCOCC1. The lowest BCUT2D eigenvalue weighted by Gasteiger charge is -2.34. The van der Waals surface area contributed by atoms with Gasteiger partial charge in [-0.05, 0) is 52.7 Å². The van der Waals surface area contributed by atoms with Crippen LogP contribution in [0, 0.1) is 6.92 Å². The first kappa shape index (κ1) is 23.4. The van der Waals surface area contributed by atoms with Crippen molar-refractivity contribution < 1.29 is 14.9 Å². The summed E-state index contributed by atoms with van der Waals surface area (Å²) in [4.78, 5) is 0. The highest BCUT2D eigenvalue weighted by atomic mass is 79.9. The average Bonchev–Trinajstić information content (AvgIpc) is 2.51. The second-order valence-corrected chi connectivity index (χ2v) is 7.50. The van der Waals surface area contributed by atoms with Crippen molar-refractivity contribution in [3.63, 3.8) is 0 Å². The highest BCUT2D eigenvalue weighted by Gasteiger charge is 2.35. The van der Waals surface area contributed by atoms with Gasteiger partial charge in [-0.3, -0.25) is 0 Å². The van der Waals surface area contributed by atoms with E-state index in [9.17, 15) is 10.2 Å². The van der Waals surface area contributed by atoms with Crippen LogP contribution < -0.4 is 0 Å². The Kier molecular flexibility index (Phi) is 10.8. The molecule has 1 aromatic rings. The van der Waals surface area contributed by atoms with Crippen molar-refractivity contribution >= 4 is 23.8 Å². The molecule has 0 bridgehead atoms. The van der Waals surface area contributed by atoms with E-state index in [-0.39, 0.29) is 0 Å². The molecule has 2 rings (SSSR count). The Balaban J connectivity index is 0.000000332. The quantitative estimate of drug-likeness (QED) is 0.738. The van der Waals surface area contributed by atoms with Crippen LogP contribution in [0.15, 0.2) is 40.3 Å². The summed E-state index contributed by atoms with van der Waals surface area (Å²) in [5, 5.41) is 18.7. The number of benzene rings is 1. The normalized spacial score (nSPS) is 16.6. The highest BCUT2D eigenvalue weighted by molar-refractivity contribution is 9.10. The summed E-state index contributed by atoms with van der Waals surface area (Å²) >= 11 is 3.35. The lowest BCUT2D eigenvalue weighted by molar-refractivity contribution is -0.121. The second-order valence-electron chi connectivity index (χ2n) is 6.59. The molecule has 0 saturated carbocycles. The van der Waals surface area contributed by atoms with Gasteiger partial charge in [0, 0.05) is 11.1 Å². The Morgan fingerprint density at radius 1 is 1.17 bits per heavy atom. The minimum atomic E-state index is -0.998. The van der Waals surface area contributed by atoms with Crippen LogP contribution in [0.5, 0.6) is 0 Å². The first-order chi connectivity index (χ1) is 11.0. The smallest absolute Gasteiger partial charge is 0.107 e. The average molecular weight is 397 g/mol. The lowest BCUT2D eigenvalue weighted by Crippen LogP contribution is -2.46. The Morgan fingerprint density at radius 2 is 1.71 bits per heavy atom. The van der Waals surface area contributed by atoms with Crippen molar-refractivity contribution in [2.24, 2.45) is 0 Å². The summed E-state index contributed by atoms with van der Waals surface area (Å²) < 4.78 is 6.13. The summed E-state index contributed by atoms with van der Waals surface area (Å²) in [7, 11) is 5.42. The third-order valence-corrected chi connectivity index (χ3v) is 4.54. The molecule has 0 spiro atoms. The Labute approximate surface area is 156 Å². The summed E-state index contributed by atoms with van der Waals surface area (Å²) in [5.74, 6) is 0. The predicted molar refractivity (Wildman–Crippen MR) is 105 cm³/mol. The molecule has 5 heteroatoms. The van der Waals surface area contributed by atoms with Crippen LogP contribution in [0.1, 0.15) is 46.1 Å². The maximum Gasteiger partial charge on any atom is 0.107 e. The molecule has 1 unspecified atom stereocenters. The van der Waals surface area contributed by atoms with Crippen molar-refractivity contribution in [1.82, 2.24) is 0 Å². The number of hydrogen-bond acceptors (Lipinski definition) is 3. The molecule has 2 N–H and O–H groups in total. The van der Waals surface area contributed by atoms with Gasteiger partial charge in [-0.2, -0.15) is 0 Å². The lowest BCUT2D eigenvalue weighted by atomic mass is 9.86. The zero-order valence-corrected chi connectivity index (χ0v) is 17.1. The molecule has 0 aliphatic carbocycles. The van der Waals surface area contributed by atoms with E-state index in [0.717, 1.165) is 23.0 Å². The highest BCUT2D eigenvalue weighted by Crippen LogP contribution is 2.23. The number of rotatable bonds is 2. The van der Waals surface area contributed by atoms with Gasteiger partial charge >= 0.3 is 0 Å². The van der Waals surface area contributed by atoms with E-state index in [1.165, 1.54) is 5.56 Å². The fraction of sp³-hybridized carbons (Fsp3) is 0.579.